The second-order valence-electron chi connectivity index (χ2n) is 6.41. The number of fused-ring (bicyclic) bond motifs is 1. The van der Waals surface area contributed by atoms with Gasteiger partial charge in [-0.2, -0.15) is 0 Å². The van der Waals surface area contributed by atoms with Crippen molar-refractivity contribution >= 4 is 5.82 Å². The fraction of sp³-hybridized carbons (Fsp3) is 0.444. The summed E-state index contributed by atoms with van der Waals surface area (Å²) in [6.45, 7) is 1.89. The number of hydrogen-bond donors (Lipinski definition) is 1. The van der Waals surface area contributed by atoms with Gasteiger partial charge >= 0.3 is 0 Å². The molecule has 0 saturated carbocycles. The van der Waals surface area contributed by atoms with E-state index in [1.165, 1.54) is 19.2 Å². The van der Waals surface area contributed by atoms with E-state index < -0.39 is 11.9 Å². The molecule has 0 aliphatic carbocycles. The monoisotopic (exact) mass is 346 g/mol. The van der Waals surface area contributed by atoms with Crippen LogP contribution < -0.4 is 9.64 Å². The van der Waals surface area contributed by atoms with Crippen LogP contribution in [-0.4, -0.2) is 54.3 Å². The number of β-amino-alcohol motifs (C(OH)–C–C–N with tert-alkyl or cyclic N) is 1. The zero-order chi connectivity index (χ0) is 18.0. The highest BCUT2D eigenvalue weighted by Gasteiger charge is 2.24. The Labute approximate surface area is 146 Å². The summed E-state index contributed by atoms with van der Waals surface area (Å²) in [5.74, 6) is 0.613. The van der Waals surface area contributed by atoms with E-state index >= 15 is 0 Å². The van der Waals surface area contributed by atoms with Gasteiger partial charge in [0.1, 0.15) is 12.1 Å². The highest BCUT2D eigenvalue weighted by molar-refractivity contribution is 5.48. The van der Waals surface area contributed by atoms with Gasteiger partial charge in [0.2, 0.25) is 0 Å². The highest BCUT2D eigenvalue weighted by Crippen LogP contribution is 2.27. The van der Waals surface area contributed by atoms with Crippen molar-refractivity contribution in [2.75, 3.05) is 39.2 Å². The predicted molar refractivity (Wildman–Crippen MR) is 93.3 cm³/mol. The summed E-state index contributed by atoms with van der Waals surface area (Å²) < 4.78 is 18.8. The maximum absolute atomic E-state index is 13.9. The molecule has 1 N–H and O–H groups in total. The highest BCUT2D eigenvalue weighted by atomic mass is 19.1. The Balaban J connectivity index is 1.73. The van der Waals surface area contributed by atoms with Gasteiger partial charge in [0, 0.05) is 45.7 Å². The molecule has 0 fully saturated rings. The van der Waals surface area contributed by atoms with Gasteiger partial charge in [-0.15, -0.1) is 0 Å². The average molecular weight is 346 g/mol. The number of benzene rings is 1. The van der Waals surface area contributed by atoms with Crippen LogP contribution in [-0.2, 0) is 13.0 Å². The zero-order valence-corrected chi connectivity index (χ0v) is 14.7. The Hall–Kier alpha value is -2.25. The van der Waals surface area contributed by atoms with Crippen molar-refractivity contribution in [1.29, 1.82) is 0 Å². The van der Waals surface area contributed by atoms with Crippen molar-refractivity contribution in [1.82, 2.24) is 14.9 Å². The Morgan fingerprint density at radius 3 is 2.84 bits per heavy atom. The molecule has 0 radical (unpaired) electrons. The molecule has 6 nitrogen and oxygen atoms in total. The van der Waals surface area contributed by atoms with Crippen LogP contribution in [0.5, 0.6) is 5.75 Å². The topological polar surface area (TPSA) is 61.7 Å². The third-order valence-electron chi connectivity index (χ3n) is 4.47. The number of rotatable bonds is 5. The molecule has 3 rings (SSSR count). The first-order valence-electron chi connectivity index (χ1n) is 8.23. The Kier molecular flexibility index (Phi) is 5.15. The number of nitrogens with zero attached hydrogens (tertiary/aromatic N) is 4. The molecule has 0 amide bonds. The van der Waals surface area contributed by atoms with Crippen LogP contribution in [0.3, 0.4) is 0 Å². The minimum Gasteiger partial charge on any atom is -0.494 e. The van der Waals surface area contributed by atoms with Crippen LogP contribution in [0.1, 0.15) is 22.9 Å². The summed E-state index contributed by atoms with van der Waals surface area (Å²) >= 11 is 0. The summed E-state index contributed by atoms with van der Waals surface area (Å²) in [7, 11) is 5.33. The maximum atomic E-state index is 13.9. The first kappa shape index (κ1) is 17.6. The summed E-state index contributed by atoms with van der Waals surface area (Å²) in [4.78, 5) is 12.8. The second-order valence-corrected chi connectivity index (χ2v) is 6.41. The zero-order valence-electron chi connectivity index (χ0n) is 14.7. The molecule has 1 unspecified atom stereocenters. The number of aromatic nitrogens is 2. The fourth-order valence-corrected chi connectivity index (χ4v) is 3.16. The van der Waals surface area contributed by atoms with E-state index in [4.69, 9.17) is 4.74 Å². The third-order valence-corrected chi connectivity index (χ3v) is 4.47. The minimum absolute atomic E-state index is 0.177. The summed E-state index contributed by atoms with van der Waals surface area (Å²) in [5.41, 5.74) is 2.69. The molecule has 25 heavy (non-hydrogen) atoms. The number of anilines is 1. The number of halogens is 1. The molecule has 0 spiro atoms. The summed E-state index contributed by atoms with van der Waals surface area (Å²) in [6, 6.07) is 4.56. The van der Waals surface area contributed by atoms with Crippen LogP contribution in [0.2, 0.25) is 0 Å². The molecular weight excluding hydrogens is 323 g/mol. The normalized spacial score (nSPS) is 15.6. The summed E-state index contributed by atoms with van der Waals surface area (Å²) in [6.07, 6.45) is 1.63. The Morgan fingerprint density at radius 1 is 1.36 bits per heavy atom. The van der Waals surface area contributed by atoms with Crippen molar-refractivity contribution in [3.63, 3.8) is 0 Å². The number of methoxy groups -OCH3 is 1. The van der Waals surface area contributed by atoms with Crippen molar-refractivity contribution < 1.29 is 14.2 Å². The minimum atomic E-state index is -0.769. The van der Waals surface area contributed by atoms with Crippen LogP contribution in [0, 0.1) is 5.82 Å². The first-order chi connectivity index (χ1) is 12.0. The van der Waals surface area contributed by atoms with E-state index in [1.807, 2.05) is 19.0 Å². The Bertz CT molecular complexity index is 754. The molecule has 1 aromatic carbocycles. The molecule has 2 aromatic rings. The average Bonchev–Trinajstić information content (AvgIpc) is 2.60. The van der Waals surface area contributed by atoms with Gasteiger partial charge in [-0.25, -0.2) is 14.4 Å². The Morgan fingerprint density at radius 2 is 2.16 bits per heavy atom. The van der Waals surface area contributed by atoms with Gasteiger partial charge in [-0.1, -0.05) is 6.07 Å². The van der Waals surface area contributed by atoms with Crippen molar-refractivity contribution in [3.8, 4) is 5.75 Å². The molecular formula is C18H23FN4O2. The lowest BCUT2D eigenvalue weighted by molar-refractivity contribution is 0.105. The molecule has 134 valence electrons. The lowest BCUT2D eigenvalue weighted by Crippen LogP contribution is -2.35. The molecule has 1 aliphatic heterocycles. The van der Waals surface area contributed by atoms with E-state index in [2.05, 4.69) is 14.9 Å². The van der Waals surface area contributed by atoms with Gasteiger partial charge in [-0.05, 0) is 17.7 Å². The molecule has 0 bridgehead atoms. The van der Waals surface area contributed by atoms with Crippen LogP contribution >= 0.6 is 0 Å². The number of aliphatic hydroxyl groups excluding tert-OH is 1. The van der Waals surface area contributed by atoms with Crippen molar-refractivity contribution in [2.24, 2.45) is 0 Å². The lowest BCUT2D eigenvalue weighted by Gasteiger charge is -2.31. The smallest absolute Gasteiger partial charge is 0.165 e. The second kappa shape index (κ2) is 7.33. The van der Waals surface area contributed by atoms with Gasteiger partial charge < -0.3 is 14.7 Å². The number of aliphatic hydroxyl groups is 1. The van der Waals surface area contributed by atoms with Crippen molar-refractivity contribution in [2.45, 2.75) is 19.1 Å². The number of hydrogen-bond acceptors (Lipinski definition) is 6. The van der Waals surface area contributed by atoms with Gasteiger partial charge in [-0.3, -0.25) is 4.90 Å². The molecule has 0 saturated heterocycles. The molecule has 2 heterocycles. The molecule has 1 atom stereocenters. The van der Waals surface area contributed by atoms with Crippen LogP contribution in [0.15, 0.2) is 24.5 Å². The van der Waals surface area contributed by atoms with Crippen LogP contribution in [0.4, 0.5) is 10.2 Å². The maximum Gasteiger partial charge on any atom is 0.165 e. The SMILES string of the molecule is COc1ccc(C(O)CN2CCc3ncnc(N(C)C)c3C2)cc1F. The van der Waals surface area contributed by atoms with E-state index in [9.17, 15) is 9.50 Å². The first-order valence-corrected chi connectivity index (χ1v) is 8.23. The van der Waals surface area contributed by atoms with E-state index in [1.54, 1.807) is 12.4 Å². The van der Waals surface area contributed by atoms with Gasteiger partial charge in [0.15, 0.2) is 11.6 Å². The van der Waals surface area contributed by atoms with Gasteiger partial charge in [0.25, 0.3) is 0 Å². The lowest BCUT2D eigenvalue weighted by atomic mass is 10.0. The van der Waals surface area contributed by atoms with Crippen molar-refractivity contribution in [3.05, 3.63) is 47.2 Å². The van der Waals surface area contributed by atoms with E-state index in [0.717, 1.165) is 30.0 Å². The summed E-state index contributed by atoms with van der Waals surface area (Å²) in [5, 5.41) is 10.5. The van der Waals surface area contributed by atoms with Crippen LogP contribution in [0.25, 0.3) is 0 Å². The molecule has 1 aromatic heterocycles. The van der Waals surface area contributed by atoms with E-state index in [0.29, 0.717) is 18.7 Å². The number of ether oxygens (including phenoxy) is 1. The standard InChI is InChI=1S/C18H23FN4O2/c1-22(2)18-13-9-23(7-6-15(13)20-11-21-18)10-16(24)12-4-5-17(25-3)14(19)8-12/h4-5,8,11,16,24H,6-7,9-10H2,1-3H3. The molecule has 1 aliphatic rings. The third kappa shape index (κ3) is 3.72. The van der Waals surface area contributed by atoms with Gasteiger partial charge in [0.05, 0.1) is 18.9 Å². The predicted octanol–water partition coefficient (Wildman–Crippen LogP) is 1.78. The quantitative estimate of drug-likeness (QED) is 0.891. The molecule has 7 heteroatoms. The largest absolute Gasteiger partial charge is 0.494 e. The fourth-order valence-electron chi connectivity index (χ4n) is 3.16. The van der Waals surface area contributed by atoms with E-state index in [-0.39, 0.29) is 5.75 Å².